The molecule has 0 bridgehead atoms. The number of benzene rings is 1. The predicted molar refractivity (Wildman–Crippen MR) is 96.5 cm³/mol. The molecule has 134 valence electrons. The van der Waals surface area contributed by atoms with Gasteiger partial charge in [0.15, 0.2) is 0 Å². The Morgan fingerprint density at radius 3 is 2.84 bits per heavy atom. The normalized spacial score (nSPS) is 13.0. The van der Waals surface area contributed by atoms with Gasteiger partial charge in [0, 0.05) is 24.4 Å². The summed E-state index contributed by atoms with van der Waals surface area (Å²) in [5.41, 5.74) is 1.11. The van der Waals surface area contributed by atoms with E-state index in [1.807, 2.05) is 19.9 Å². The zero-order valence-electron chi connectivity index (χ0n) is 15.1. The first-order valence-corrected chi connectivity index (χ1v) is 8.14. The molecule has 1 unspecified atom stereocenters. The van der Waals surface area contributed by atoms with Crippen molar-refractivity contribution >= 4 is 5.91 Å². The van der Waals surface area contributed by atoms with E-state index in [1.165, 1.54) is 5.57 Å². The lowest BCUT2D eigenvalue weighted by atomic mass is 9.99. The van der Waals surface area contributed by atoms with Gasteiger partial charge in [-0.2, -0.15) is 5.10 Å². The van der Waals surface area contributed by atoms with E-state index in [1.54, 1.807) is 55.3 Å². The first-order valence-electron chi connectivity index (χ1n) is 8.14. The molecule has 0 saturated heterocycles. The van der Waals surface area contributed by atoms with Crippen LogP contribution in [0, 0.1) is 0 Å². The van der Waals surface area contributed by atoms with E-state index in [0.29, 0.717) is 23.5 Å². The predicted octanol–water partition coefficient (Wildman–Crippen LogP) is 2.40. The van der Waals surface area contributed by atoms with E-state index in [2.05, 4.69) is 10.4 Å². The van der Waals surface area contributed by atoms with Crippen LogP contribution in [0.5, 0.6) is 5.75 Å². The summed E-state index contributed by atoms with van der Waals surface area (Å²) in [7, 11) is 1.78. The summed E-state index contributed by atoms with van der Waals surface area (Å²) in [6, 6.07) is 6.97. The number of aryl methyl sites for hydroxylation is 1. The Labute approximate surface area is 148 Å². The summed E-state index contributed by atoms with van der Waals surface area (Å²) >= 11 is 0. The molecule has 0 aliphatic carbocycles. The summed E-state index contributed by atoms with van der Waals surface area (Å²) in [4.78, 5) is 12.4. The maximum absolute atomic E-state index is 12.4. The Morgan fingerprint density at radius 2 is 2.20 bits per heavy atom. The third kappa shape index (κ3) is 5.46. The van der Waals surface area contributed by atoms with Gasteiger partial charge in [-0.1, -0.05) is 11.6 Å². The third-order valence-electron chi connectivity index (χ3n) is 3.76. The SMILES string of the molecule is CC(C)=CCOc1cccc(C(=O)NCC(C)(O)c2cnn(C)c2)c1. The quantitative estimate of drug-likeness (QED) is 0.757. The van der Waals surface area contributed by atoms with Crippen LogP contribution < -0.4 is 10.1 Å². The van der Waals surface area contributed by atoms with E-state index < -0.39 is 5.60 Å². The molecule has 0 fully saturated rings. The standard InChI is InChI=1S/C19H25N3O3/c1-14(2)8-9-25-17-7-5-6-15(10-17)18(23)20-13-19(3,24)16-11-21-22(4)12-16/h5-8,10-12,24H,9,13H2,1-4H3,(H,20,23). The molecule has 1 atom stereocenters. The fraction of sp³-hybridized carbons (Fsp3) is 0.368. The Kier molecular flexibility index (Phi) is 5.98. The fourth-order valence-electron chi connectivity index (χ4n) is 2.19. The molecular formula is C19H25N3O3. The van der Waals surface area contributed by atoms with Gasteiger partial charge in [0.05, 0.1) is 12.7 Å². The number of rotatable bonds is 7. The monoisotopic (exact) mass is 343 g/mol. The van der Waals surface area contributed by atoms with Gasteiger partial charge < -0.3 is 15.2 Å². The van der Waals surface area contributed by atoms with Crippen molar-refractivity contribution < 1.29 is 14.6 Å². The summed E-state index contributed by atoms with van der Waals surface area (Å²) in [6.45, 7) is 6.19. The van der Waals surface area contributed by atoms with Crippen molar-refractivity contribution in [3.8, 4) is 5.75 Å². The van der Waals surface area contributed by atoms with Crippen molar-refractivity contribution in [2.45, 2.75) is 26.4 Å². The second-order valence-corrected chi connectivity index (χ2v) is 6.48. The molecule has 1 aromatic heterocycles. The van der Waals surface area contributed by atoms with Crippen LogP contribution in [0.4, 0.5) is 0 Å². The maximum Gasteiger partial charge on any atom is 0.251 e. The summed E-state index contributed by atoms with van der Waals surface area (Å²) in [5.74, 6) is 0.362. The molecule has 6 heteroatoms. The average Bonchev–Trinajstić information content (AvgIpc) is 3.00. The van der Waals surface area contributed by atoms with Gasteiger partial charge >= 0.3 is 0 Å². The number of aliphatic hydroxyl groups is 1. The highest BCUT2D eigenvalue weighted by atomic mass is 16.5. The largest absolute Gasteiger partial charge is 0.490 e. The molecule has 0 aliphatic heterocycles. The van der Waals surface area contributed by atoms with Gasteiger partial charge in [0.1, 0.15) is 18.0 Å². The number of hydrogen-bond donors (Lipinski definition) is 2. The molecule has 2 aromatic rings. The van der Waals surface area contributed by atoms with Crippen LogP contribution in [0.2, 0.25) is 0 Å². The van der Waals surface area contributed by atoms with Crippen LogP contribution in [0.1, 0.15) is 36.7 Å². The highest BCUT2D eigenvalue weighted by molar-refractivity contribution is 5.94. The minimum atomic E-state index is -1.19. The van der Waals surface area contributed by atoms with Gasteiger partial charge in [-0.15, -0.1) is 0 Å². The second-order valence-electron chi connectivity index (χ2n) is 6.48. The van der Waals surface area contributed by atoms with Crippen LogP contribution in [0.15, 0.2) is 48.3 Å². The number of nitrogens with one attached hydrogen (secondary N) is 1. The number of nitrogens with zero attached hydrogens (tertiary/aromatic N) is 2. The Hall–Kier alpha value is -2.60. The Bertz CT molecular complexity index is 759. The van der Waals surface area contributed by atoms with Crippen LogP contribution in [-0.4, -0.2) is 33.9 Å². The molecule has 0 radical (unpaired) electrons. The van der Waals surface area contributed by atoms with Gasteiger partial charge in [-0.05, 0) is 45.0 Å². The number of hydrogen-bond acceptors (Lipinski definition) is 4. The van der Waals surface area contributed by atoms with Gasteiger partial charge in [-0.3, -0.25) is 9.48 Å². The molecule has 2 rings (SSSR count). The first kappa shape index (κ1) is 18.7. The molecule has 25 heavy (non-hydrogen) atoms. The summed E-state index contributed by atoms with van der Waals surface area (Å²) in [5, 5.41) is 17.3. The van der Waals surface area contributed by atoms with E-state index in [9.17, 15) is 9.90 Å². The molecule has 1 aromatic carbocycles. The van der Waals surface area contributed by atoms with Gasteiger partial charge in [-0.25, -0.2) is 0 Å². The highest BCUT2D eigenvalue weighted by Gasteiger charge is 2.25. The summed E-state index contributed by atoms with van der Waals surface area (Å²) < 4.78 is 7.22. The minimum Gasteiger partial charge on any atom is -0.490 e. The maximum atomic E-state index is 12.4. The minimum absolute atomic E-state index is 0.0837. The zero-order valence-corrected chi connectivity index (χ0v) is 15.1. The molecule has 0 spiro atoms. The molecular weight excluding hydrogens is 318 g/mol. The van der Waals surface area contributed by atoms with Crippen LogP contribution in [0.3, 0.4) is 0 Å². The molecule has 6 nitrogen and oxygen atoms in total. The number of carbonyl (C=O) groups excluding carboxylic acids is 1. The third-order valence-corrected chi connectivity index (χ3v) is 3.76. The van der Waals surface area contributed by atoms with E-state index >= 15 is 0 Å². The van der Waals surface area contributed by atoms with Crippen molar-refractivity contribution in [2.24, 2.45) is 7.05 Å². The van der Waals surface area contributed by atoms with E-state index in [4.69, 9.17) is 4.74 Å². The van der Waals surface area contributed by atoms with Crippen LogP contribution in [-0.2, 0) is 12.6 Å². The zero-order chi connectivity index (χ0) is 18.4. The van der Waals surface area contributed by atoms with E-state index in [0.717, 1.165) is 0 Å². The molecule has 0 aliphatic rings. The van der Waals surface area contributed by atoms with Gasteiger partial charge in [0.2, 0.25) is 0 Å². The smallest absolute Gasteiger partial charge is 0.251 e. The van der Waals surface area contributed by atoms with Gasteiger partial charge in [0.25, 0.3) is 5.91 Å². The number of aromatic nitrogens is 2. The lowest BCUT2D eigenvalue weighted by molar-refractivity contribution is 0.0526. The average molecular weight is 343 g/mol. The van der Waals surface area contributed by atoms with Crippen molar-refractivity contribution in [2.75, 3.05) is 13.2 Å². The lowest BCUT2D eigenvalue weighted by Crippen LogP contribution is -2.38. The first-order chi connectivity index (χ1) is 11.8. The molecule has 0 saturated carbocycles. The lowest BCUT2D eigenvalue weighted by Gasteiger charge is -2.22. The van der Waals surface area contributed by atoms with E-state index in [-0.39, 0.29) is 12.5 Å². The van der Waals surface area contributed by atoms with Crippen LogP contribution in [0.25, 0.3) is 0 Å². The molecule has 2 N–H and O–H groups in total. The highest BCUT2D eigenvalue weighted by Crippen LogP contribution is 2.19. The number of ether oxygens (including phenoxy) is 1. The number of allylic oxidation sites excluding steroid dienone is 1. The van der Waals surface area contributed by atoms with Crippen molar-refractivity contribution in [3.63, 3.8) is 0 Å². The van der Waals surface area contributed by atoms with Crippen molar-refractivity contribution in [1.29, 1.82) is 0 Å². The Morgan fingerprint density at radius 1 is 1.44 bits per heavy atom. The molecule has 1 amide bonds. The van der Waals surface area contributed by atoms with Crippen LogP contribution >= 0.6 is 0 Å². The van der Waals surface area contributed by atoms with Crippen molar-refractivity contribution in [1.82, 2.24) is 15.1 Å². The topological polar surface area (TPSA) is 76.4 Å². The Balaban J connectivity index is 1.97. The summed E-state index contributed by atoms with van der Waals surface area (Å²) in [6.07, 6.45) is 5.28. The number of amides is 1. The number of carbonyl (C=O) groups is 1. The fourth-order valence-corrected chi connectivity index (χ4v) is 2.19. The van der Waals surface area contributed by atoms with Crippen molar-refractivity contribution in [3.05, 3.63) is 59.4 Å². The second kappa shape index (κ2) is 7.98. The molecule has 1 heterocycles.